The van der Waals surface area contributed by atoms with Crippen LogP contribution in [0.15, 0.2) is 41.1 Å². The number of pyridine rings is 1. The lowest BCUT2D eigenvalue weighted by Gasteiger charge is -2.09. The normalized spacial score (nSPS) is 10.2. The van der Waals surface area contributed by atoms with Gasteiger partial charge in [-0.25, -0.2) is 4.79 Å². The third-order valence-electron chi connectivity index (χ3n) is 2.39. The highest BCUT2D eigenvalue weighted by molar-refractivity contribution is 9.10. The van der Waals surface area contributed by atoms with Crippen LogP contribution < -0.4 is 10.5 Å². The molecule has 0 spiro atoms. The number of carbonyl (C=O) groups is 1. The average molecular weight is 323 g/mol. The fourth-order valence-electron chi connectivity index (χ4n) is 1.54. The van der Waals surface area contributed by atoms with Crippen LogP contribution >= 0.6 is 15.9 Å². The molecule has 2 rings (SSSR count). The fourth-order valence-corrected chi connectivity index (χ4v) is 1.95. The summed E-state index contributed by atoms with van der Waals surface area (Å²) in [5.74, 6) is -0.795. The Morgan fingerprint density at radius 3 is 2.84 bits per heavy atom. The Bertz CT molecular complexity index is 617. The van der Waals surface area contributed by atoms with E-state index in [1.807, 2.05) is 6.07 Å². The van der Waals surface area contributed by atoms with Gasteiger partial charge in [-0.2, -0.15) is 0 Å². The molecule has 0 unspecified atom stereocenters. The van der Waals surface area contributed by atoms with Crippen molar-refractivity contribution < 1.29 is 14.6 Å². The van der Waals surface area contributed by atoms with E-state index in [9.17, 15) is 4.79 Å². The molecular weight excluding hydrogens is 312 g/mol. The molecule has 0 saturated heterocycles. The predicted molar refractivity (Wildman–Crippen MR) is 74.1 cm³/mol. The summed E-state index contributed by atoms with van der Waals surface area (Å²) in [4.78, 5) is 15.1. The first kappa shape index (κ1) is 13.4. The van der Waals surface area contributed by atoms with Crippen molar-refractivity contribution in [2.24, 2.45) is 0 Å². The molecule has 98 valence electrons. The molecule has 1 aromatic heterocycles. The van der Waals surface area contributed by atoms with Crippen LogP contribution in [0.2, 0.25) is 0 Å². The Labute approximate surface area is 118 Å². The highest BCUT2D eigenvalue weighted by atomic mass is 79.9. The molecular formula is C13H11BrN2O3. The monoisotopic (exact) mass is 322 g/mol. The van der Waals surface area contributed by atoms with E-state index in [1.165, 1.54) is 6.07 Å². The van der Waals surface area contributed by atoms with Gasteiger partial charge in [0, 0.05) is 28.1 Å². The summed E-state index contributed by atoms with van der Waals surface area (Å²) in [5, 5.41) is 9.08. The number of ether oxygens (including phenoxy) is 1. The minimum Gasteiger partial charge on any atom is -0.488 e. The lowest BCUT2D eigenvalue weighted by Crippen LogP contribution is -2.04. The van der Waals surface area contributed by atoms with Crippen molar-refractivity contribution in [2.45, 2.75) is 6.61 Å². The highest BCUT2D eigenvalue weighted by Crippen LogP contribution is 2.22. The standard InChI is InChI=1S/C13H11BrN2O3/c14-9-3-8(5-16-6-9)7-19-12-2-1-10(15)4-11(12)13(17)18/h1-6H,7,15H2,(H,17,18). The Hall–Kier alpha value is -2.08. The number of halogens is 1. The average Bonchev–Trinajstić information content (AvgIpc) is 2.37. The molecule has 5 nitrogen and oxygen atoms in total. The maximum absolute atomic E-state index is 11.1. The number of hydrogen-bond acceptors (Lipinski definition) is 4. The molecule has 19 heavy (non-hydrogen) atoms. The number of nitrogens with zero attached hydrogens (tertiary/aromatic N) is 1. The van der Waals surface area contributed by atoms with Crippen molar-refractivity contribution in [3.63, 3.8) is 0 Å². The first-order chi connectivity index (χ1) is 9.06. The van der Waals surface area contributed by atoms with Crippen molar-refractivity contribution in [2.75, 3.05) is 5.73 Å². The van der Waals surface area contributed by atoms with Gasteiger partial charge in [0.1, 0.15) is 17.9 Å². The Balaban J connectivity index is 2.17. The minimum atomic E-state index is -1.07. The van der Waals surface area contributed by atoms with Gasteiger partial charge in [0.05, 0.1) is 0 Å². The van der Waals surface area contributed by atoms with Gasteiger partial charge < -0.3 is 15.6 Å². The molecule has 1 aromatic carbocycles. The second kappa shape index (κ2) is 5.71. The zero-order chi connectivity index (χ0) is 13.8. The fraction of sp³-hybridized carbons (Fsp3) is 0.0769. The molecule has 0 radical (unpaired) electrons. The van der Waals surface area contributed by atoms with Gasteiger partial charge in [-0.05, 0) is 40.2 Å². The number of benzene rings is 1. The summed E-state index contributed by atoms with van der Waals surface area (Å²) in [6.45, 7) is 0.233. The van der Waals surface area contributed by atoms with E-state index in [1.54, 1.807) is 24.5 Å². The minimum absolute atomic E-state index is 0.0444. The summed E-state index contributed by atoms with van der Waals surface area (Å²) in [5.41, 5.74) is 6.82. The quantitative estimate of drug-likeness (QED) is 0.845. The number of aromatic nitrogens is 1. The van der Waals surface area contributed by atoms with Gasteiger partial charge in [-0.1, -0.05) is 0 Å². The molecule has 0 bridgehead atoms. The highest BCUT2D eigenvalue weighted by Gasteiger charge is 2.11. The number of carboxylic acids is 1. The van der Waals surface area contributed by atoms with Gasteiger partial charge in [0.2, 0.25) is 0 Å². The number of nitrogen functional groups attached to an aromatic ring is 1. The lowest BCUT2D eigenvalue weighted by atomic mass is 10.2. The molecule has 2 aromatic rings. The van der Waals surface area contributed by atoms with Crippen LogP contribution in [0.4, 0.5) is 5.69 Å². The van der Waals surface area contributed by atoms with Crippen molar-refractivity contribution in [1.29, 1.82) is 0 Å². The van der Waals surface area contributed by atoms with Crippen LogP contribution in [-0.2, 0) is 6.61 Å². The van der Waals surface area contributed by atoms with Crippen LogP contribution in [-0.4, -0.2) is 16.1 Å². The molecule has 0 saturated carbocycles. The third-order valence-corrected chi connectivity index (χ3v) is 2.82. The summed E-state index contributed by atoms with van der Waals surface area (Å²) in [6.07, 6.45) is 3.32. The van der Waals surface area contributed by atoms with Crippen LogP contribution in [0.5, 0.6) is 5.75 Å². The smallest absolute Gasteiger partial charge is 0.339 e. The van der Waals surface area contributed by atoms with E-state index in [4.69, 9.17) is 15.6 Å². The molecule has 0 aliphatic rings. The van der Waals surface area contributed by atoms with Crippen LogP contribution in [0.25, 0.3) is 0 Å². The first-order valence-electron chi connectivity index (χ1n) is 5.41. The molecule has 1 heterocycles. The number of aromatic carboxylic acids is 1. The topological polar surface area (TPSA) is 85.4 Å². The summed E-state index contributed by atoms with van der Waals surface area (Å²) >= 11 is 3.31. The van der Waals surface area contributed by atoms with Crippen molar-refractivity contribution in [1.82, 2.24) is 4.98 Å². The number of nitrogens with two attached hydrogens (primary N) is 1. The second-order valence-electron chi connectivity index (χ2n) is 3.86. The van der Waals surface area contributed by atoms with E-state index in [-0.39, 0.29) is 17.9 Å². The molecule has 6 heteroatoms. The zero-order valence-corrected chi connectivity index (χ0v) is 11.4. The Morgan fingerprint density at radius 2 is 2.16 bits per heavy atom. The van der Waals surface area contributed by atoms with Crippen LogP contribution in [0.1, 0.15) is 15.9 Å². The molecule has 0 fully saturated rings. The predicted octanol–water partition coefficient (Wildman–Crippen LogP) is 2.70. The first-order valence-corrected chi connectivity index (χ1v) is 6.20. The number of anilines is 1. The van der Waals surface area contributed by atoms with Gasteiger partial charge in [-0.3, -0.25) is 4.98 Å². The maximum atomic E-state index is 11.1. The summed E-state index contributed by atoms with van der Waals surface area (Å²) in [6, 6.07) is 6.37. The van der Waals surface area contributed by atoms with Crippen molar-refractivity contribution >= 4 is 27.6 Å². The van der Waals surface area contributed by atoms with E-state index in [2.05, 4.69) is 20.9 Å². The SMILES string of the molecule is Nc1ccc(OCc2cncc(Br)c2)c(C(=O)O)c1. The van der Waals surface area contributed by atoms with Crippen molar-refractivity contribution in [3.8, 4) is 5.75 Å². The van der Waals surface area contributed by atoms with Gasteiger partial charge in [0.25, 0.3) is 0 Å². The van der Waals surface area contributed by atoms with E-state index < -0.39 is 5.97 Å². The zero-order valence-electron chi connectivity index (χ0n) is 9.84. The number of hydrogen-bond donors (Lipinski definition) is 2. The Kier molecular flexibility index (Phi) is 4.01. The molecule has 3 N–H and O–H groups in total. The number of rotatable bonds is 4. The van der Waals surface area contributed by atoms with Crippen LogP contribution in [0, 0.1) is 0 Å². The number of carboxylic acid groups (broad SMARTS) is 1. The van der Waals surface area contributed by atoms with Crippen LogP contribution in [0.3, 0.4) is 0 Å². The molecule has 0 aliphatic carbocycles. The van der Waals surface area contributed by atoms with Gasteiger partial charge in [0.15, 0.2) is 0 Å². The second-order valence-corrected chi connectivity index (χ2v) is 4.78. The third kappa shape index (κ3) is 3.45. The lowest BCUT2D eigenvalue weighted by molar-refractivity contribution is 0.0692. The summed E-state index contributed by atoms with van der Waals surface area (Å²) < 4.78 is 6.33. The molecule has 0 aliphatic heterocycles. The van der Waals surface area contributed by atoms with Gasteiger partial charge >= 0.3 is 5.97 Å². The Morgan fingerprint density at radius 1 is 1.37 bits per heavy atom. The van der Waals surface area contributed by atoms with E-state index >= 15 is 0 Å². The van der Waals surface area contributed by atoms with Crippen molar-refractivity contribution in [3.05, 3.63) is 52.3 Å². The van der Waals surface area contributed by atoms with Gasteiger partial charge in [-0.15, -0.1) is 0 Å². The molecule has 0 amide bonds. The largest absolute Gasteiger partial charge is 0.488 e. The van der Waals surface area contributed by atoms with E-state index in [0.29, 0.717) is 5.69 Å². The maximum Gasteiger partial charge on any atom is 0.339 e. The van der Waals surface area contributed by atoms with E-state index in [0.717, 1.165) is 10.0 Å². The summed E-state index contributed by atoms with van der Waals surface area (Å²) in [7, 11) is 0. The molecule has 0 atom stereocenters.